The lowest BCUT2D eigenvalue weighted by Crippen LogP contribution is -2.32. The molecule has 0 spiro atoms. The first kappa shape index (κ1) is 20.6. The standard InChI is InChI=1S/C26H27NO5/c1-18-4-2-3-5-23(18)21-12-22-14-27(26(28)20-7-10-30-17-20)8-11-31-25(22)24(13-21)32-16-19-6-9-29-15-19/h2-5,7,10,12-13,17,19H,6,8-9,11,14-16H2,1H3/t19-/m0/s1. The third kappa shape index (κ3) is 4.23. The second-order valence-electron chi connectivity index (χ2n) is 8.41. The average molecular weight is 434 g/mol. The molecule has 3 heterocycles. The Morgan fingerprint density at radius 1 is 1.19 bits per heavy atom. The number of hydrogen-bond donors (Lipinski definition) is 0. The number of rotatable bonds is 5. The van der Waals surface area contributed by atoms with Crippen LogP contribution in [0.2, 0.25) is 0 Å². The van der Waals surface area contributed by atoms with Crippen LogP contribution >= 0.6 is 0 Å². The van der Waals surface area contributed by atoms with Gasteiger partial charge in [-0.3, -0.25) is 4.79 Å². The average Bonchev–Trinajstić information content (AvgIpc) is 3.48. The lowest BCUT2D eigenvalue weighted by molar-refractivity contribution is 0.0732. The molecule has 5 rings (SSSR count). The van der Waals surface area contributed by atoms with Gasteiger partial charge in [0.05, 0.1) is 31.6 Å². The van der Waals surface area contributed by atoms with Gasteiger partial charge in [0, 0.05) is 24.6 Å². The summed E-state index contributed by atoms with van der Waals surface area (Å²) < 4.78 is 23.0. The molecule has 3 aromatic rings. The maximum Gasteiger partial charge on any atom is 0.257 e. The van der Waals surface area contributed by atoms with Gasteiger partial charge < -0.3 is 23.5 Å². The Kier molecular flexibility index (Phi) is 5.86. The van der Waals surface area contributed by atoms with Crippen molar-refractivity contribution in [1.29, 1.82) is 0 Å². The molecule has 0 bridgehead atoms. The van der Waals surface area contributed by atoms with Crippen molar-refractivity contribution in [3.63, 3.8) is 0 Å². The van der Waals surface area contributed by atoms with Crippen molar-refractivity contribution in [2.75, 3.05) is 33.0 Å². The number of carbonyl (C=O) groups excluding carboxylic acids is 1. The molecule has 1 amide bonds. The molecule has 2 aliphatic rings. The molecular formula is C26H27NO5. The van der Waals surface area contributed by atoms with E-state index >= 15 is 0 Å². The van der Waals surface area contributed by atoms with Crippen LogP contribution in [0.15, 0.2) is 59.4 Å². The zero-order valence-electron chi connectivity index (χ0n) is 18.2. The SMILES string of the molecule is Cc1ccccc1-c1cc2c(c(OC[C@H]3CCOC3)c1)OCCN(C(=O)c1ccoc1)C2. The molecule has 0 aliphatic carbocycles. The van der Waals surface area contributed by atoms with Gasteiger partial charge in [0.2, 0.25) is 0 Å². The molecule has 0 N–H and O–H groups in total. The van der Waals surface area contributed by atoms with E-state index < -0.39 is 0 Å². The van der Waals surface area contributed by atoms with Crippen molar-refractivity contribution in [2.24, 2.45) is 5.92 Å². The lowest BCUT2D eigenvalue weighted by Gasteiger charge is -2.20. The molecule has 166 valence electrons. The highest BCUT2D eigenvalue weighted by molar-refractivity contribution is 5.94. The fourth-order valence-electron chi connectivity index (χ4n) is 4.31. The van der Waals surface area contributed by atoms with Crippen LogP contribution in [0.3, 0.4) is 0 Å². The third-order valence-corrected chi connectivity index (χ3v) is 6.11. The zero-order valence-corrected chi connectivity index (χ0v) is 18.2. The summed E-state index contributed by atoms with van der Waals surface area (Å²) >= 11 is 0. The van der Waals surface area contributed by atoms with E-state index in [0.29, 0.717) is 37.8 Å². The molecule has 2 aliphatic heterocycles. The number of carbonyl (C=O) groups is 1. The third-order valence-electron chi connectivity index (χ3n) is 6.11. The highest BCUT2D eigenvalue weighted by Crippen LogP contribution is 2.40. The van der Waals surface area contributed by atoms with E-state index in [-0.39, 0.29) is 5.91 Å². The molecule has 2 aromatic carbocycles. The monoisotopic (exact) mass is 433 g/mol. The summed E-state index contributed by atoms with van der Waals surface area (Å²) in [5.74, 6) is 1.77. The molecule has 1 saturated heterocycles. The van der Waals surface area contributed by atoms with E-state index in [9.17, 15) is 4.79 Å². The number of hydrogen-bond acceptors (Lipinski definition) is 5. The smallest absolute Gasteiger partial charge is 0.257 e. The van der Waals surface area contributed by atoms with E-state index in [2.05, 4.69) is 31.2 Å². The molecule has 0 radical (unpaired) electrons. The van der Waals surface area contributed by atoms with Gasteiger partial charge in [-0.25, -0.2) is 0 Å². The summed E-state index contributed by atoms with van der Waals surface area (Å²) in [5, 5.41) is 0. The van der Waals surface area contributed by atoms with E-state index in [1.54, 1.807) is 11.0 Å². The van der Waals surface area contributed by atoms with Gasteiger partial charge in [-0.2, -0.15) is 0 Å². The number of ether oxygens (including phenoxy) is 3. The summed E-state index contributed by atoms with van der Waals surface area (Å²) in [5.41, 5.74) is 4.87. The Hall–Kier alpha value is -3.25. The second-order valence-corrected chi connectivity index (χ2v) is 8.41. The van der Waals surface area contributed by atoms with Crippen LogP contribution in [0.25, 0.3) is 11.1 Å². The number of amides is 1. The van der Waals surface area contributed by atoms with Gasteiger partial charge >= 0.3 is 0 Å². The number of furan rings is 1. The summed E-state index contributed by atoms with van der Waals surface area (Å²) in [7, 11) is 0. The first-order chi connectivity index (χ1) is 15.7. The van der Waals surface area contributed by atoms with Crippen molar-refractivity contribution in [3.05, 3.63) is 71.7 Å². The maximum absolute atomic E-state index is 13.0. The normalized spacial score (nSPS) is 18.0. The molecule has 0 unspecified atom stereocenters. The van der Waals surface area contributed by atoms with Crippen molar-refractivity contribution in [1.82, 2.24) is 4.90 Å². The number of fused-ring (bicyclic) bond motifs is 1. The van der Waals surface area contributed by atoms with Gasteiger partial charge in [-0.15, -0.1) is 0 Å². The van der Waals surface area contributed by atoms with Crippen LogP contribution in [-0.4, -0.2) is 43.8 Å². The molecular weight excluding hydrogens is 406 g/mol. The van der Waals surface area contributed by atoms with Crippen LogP contribution in [0.1, 0.15) is 27.9 Å². The Balaban J connectivity index is 1.50. The molecule has 1 aromatic heterocycles. The van der Waals surface area contributed by atoms with Crippen LogP contribution in [0.4, 0.5) is 0 Å². The van der Waals surface area contributed by atoms with Crippen molar-refractivity contribution >= 4 is 5.91 Å². The minimum Gasteiger partial charge on any atom is -0.489 e. The van der Waals surface area contributed by atoms with Gasteiger partial charge in [-0.1, -0.05) is 24.3 Å². The molecule has 6 nitrogen and oxygen atoms in total. The fourth-order valence-corrected chi connectivity index (χ4v) is 4.31. The van der Waals surface area contributed by atoms with Crippen LogP contribution in [-0.2, 0) is 11.3 Å². The van der Waals surface area contributed by atoms with E-state index in [4.69, 9.17) is 18.6 Å². The number of benzene rings is 2. The predicted octanol–water partition coefficient (Wildman–Crippen LogP) is 4.71. The minimum absolute atomic E-state index is 0.0675. The fraction of sp³-hybridized carbons (Fsp3) is 0.346. The van der Waals surface area contributed by atoms with Crippen LogP contribution < -0.4 is 9.47 Å². The van der Waals surface area contributed by atoms with Crippen molar-refractivity contribution < 1.29 is 23.4 Å². The largest absolute Gasteiger partial charge is 0.489 e. The highest BCUT2D eigenvalue weighted by atomic mass is 16.5. The number of nitrogens with zero attached hydrogens (tertiary/aromatic N) is 1. The first-order valence-electron chi connectivity index (χ1n) is 11.1. The molecule has 6 heteroatoms. The summed E-state index contributed by atoms with van der Waals surface area (Å²) in [6, 6.07) is 14.1. The zero-order chi connectivity index (χ0) is 21.9. The Labute approximate surface area is 187 Å². The molecule has 1 atom stereocenters. The highest BCUT2D eigenvalue weighted by Gasteiger charge is 2.26. The van der Waals surface area contributed by atoms with Crippen molar-refractivity contribution in [2.45, 2.75) is 19.9 Å². The Bertz CT molecular complexity index is 1090. The second kappa shape index (κ2) is 9.09. The van der Waals surface area contributed by atoms with Crippen molar-refractivity contribution in [3.8, 4) is 22.6 Å². The Morgan fingerprint density at radius 3 is 2.88 bits per heavy atom. The van der Waals surface area contributed by atoms with E-state index in [1.165, 1.54) is 18.1 Å². The van der Waals surface area contributed by atoms with Gasteiger partial charge in [0.15, 0.2) is 11.5 Å². The molecule has 32 heavy (non-hydrogen) atoms. The lowest BCUT2D eigenvalue weighted by atomic mass is 9.97. The summed E-state index contributed by atoms with van der Waals surface area (Å²) in [4.78, 5) is 14.8. The molecule has 0 saturated carbocycles. The predicted molar refractivity (Wildman–Crippen MR) is 120 cm³/mol. The van der Waals surface area contributed by atoms with Crippen LogP contribution in [0.5, 0.6) is 11.5 Å². The van der Waals surface area contributed by atoms with Gasteiger partial charge in [-0.05, 0) is 48.2 Å². The first-order valence-corrected chi connectivity index (χ1v) is 11.1. The summed E-state index contributed by atoms with van der Waals surface area (Å²) in [6.45, 7) is 5.55. The van der Waals surface area contributed by atoms with Gasteiger partial charge in [0.1, 0.15) is 12.9 Å². The Morgan fingerprint density at radius 2 is 2.09 bits per heavy atom. The van der Waals surface area contributed by atoms with Gasteiger partial charge in [0.25, 0.3) is 5.91 Å². The number of aryl methyl sites for hydroxylation is 1. The maximum atomic E-state index is 13.0. The van der Waals surface area contributed by atoms with E-state index in [1.807, 2.05) is 12.1 Å². The minimum atomic E-state index is -0.0675. The summed E-state index contributed by atoms with van der Waals surface area (Å²) in [6.07, 6.45) is 4.01. The molecule has 1 fully saturated rings. The van der Waals surface area contributed by atoms with Crippen LogP contribution in [0, 0.1) is 12.8 Å². The quantitative estimate of drug-likeness (QED) is 0.583. The van der Waals surface area contributed by atoms with E-state index in [0.717, 1.165) is 47.8 Å². The topological polar surface area (TPSA) is 61.1 Å².